The average Bonchev–Trinajstić information content (AvgIpc) is 2.71. The molecule has 6 heteroatoms. The molecule has 1 aromatic carbocycles. The third-order valence-electron chi connectivity index (χ3n) is 3.17. The SMILES string of the molecule is CC(C)(C)OC(=O)c1cc(=O)n2c(n1)-c1ccccc1C2=N. The number of hydrogen-bond donors (Lipinski definition) is 1. The maximum absolute atomic E-state index is 12.3. The lowest BCUT2D eigenvalue weighted by atomic mass is 10.1. The van der Waals surface area contributed by atoms with Crippen LogP contribution < -0.4 is 5.56 Å². The van der Waals surface area contributed by atoms with Gasteiger partial charge in [0.2, 0.25) is 0 Å². The summed E-state index contributed by atoms with van der Waals surface area (Å²) in [6.45, 7) is 5.24. The Bertz CT molecular complexity index is 860. The van der Waals surface area contributed by atoms with Crippen LogP contribution in [0.3, 0.4) is 0 Å². The predicted molar refractivity (Wildman–Crippen MR) is 81.3 cm³/mol. The number of nitrogens with one attached hydrogen (secondary N) is 1. The van der Waals surface area contributed by atoms with E-state index in [-0.39, 0.29) is 11.5 Å². The Hall–Kier alpha value is -2.76. The summed E-state index contributed by atoms with van der Waals surface area (Å²) in [5.74, 6) is -0.281. The zero-order valence-corrected chi connectivity index (χ0v) is 12.5. The molecule has 0 unspecified atom stereocenters. The van der Waals surface area contributed by atoms with Crippen molar-refractivity contribution in [2.24, 2.45) is 0 Å². The van der Waals surface area contributed by atoms with Gasteiger partial charge in [0.15, 0.2) is 5.69 Å². The lowest BCUT2D eigenvalue weighted by molar-refractivity contribution is 0.00625. The van der Waals surface area contributed by atoms with Crippen LogP contribution in [0, 0.1) is 5.41 Å². The minimum atomic E-state index is -0.668. The molecule has 1 aliphatic rings. The highest BCUT2D eigenvalue weighted by Crippen LogP contribution is 2.28. The van der Waals surface area contributed by atoms with E-state index in [1.165, 1.54) is 4.57 Å². The van der Waals surface area contributed by atoms with Gasteiger partial charge in [0.1, 0.15) is 17.3 Å². The average molecular weight is 297 g/mol. The smallest absolute Gasteiger partial charge is 0.357 e. The fourth-order valence-electron chi connectivity index (χ4n) is 2.32. The van der Waals surface area contributed by atoms with Crippen LogP contribution in [0.15, 0.2) is 35.1 Å². The summed E-state index contributed by atoms with van der Waals surface area (Å²) in [6, 6.07) is 8.22. The largest absolute Gasteiger partial charge is 0.455 e. The van der Waals surface area contributed by atoms with Gasteiger partial charge in [-0.3, -0.25) is 10.2 Å². The molecule has 1 aliphatic heterocycles. The fourth-order valence-corrected chi connectivity index (χ4v) is 2.32. The van der Waals surface area contributed by atoms with Crippen LogP contribution in [0.25, 0.3) is 11.4 Å². The molecule has 6 nitrogen and oxygen atoms in total. The second-order valence-corrected chi connectivity index (χ2v) is 6.03. The molecule has 0 fully saturated rings. The van der Waals surface area contributed by atoms with Gasteiger partial charge in [-0.2, -0.15) is 0 Å². The van der Waals surface area contributed by atoms with Crippen molar-refractivity contribution < 1.29 is 9.53 Å². The molecule has 0 saturated heterocycles. The zero-order valence-electron chi connectivity index (χ0n) is 12.5. The van der Waals surface area contributed by atoms with E-state index >= 15 is 0 Å². The first kappa shape index (κ1) is 14.2. The Morgan fingerprint density at radius 2 is 1.86 bits per heavy atom. The normalized spacial score (nSPS) is 12.8. The van der Waals surface area contributed by atoms with Gasteiger partial charge in [0, 0.05) is 17.2 Å². The van der Waals surface area contributed by atoms with Crippen LogP contribution in [0.5, 0.6) is 0 Å². The first-order valence-electron chi connectivity index (χ1n) is 6.84. The summed E-state index contributed by atoms with van der Waals surface area (Å²) >= 11 is 0. The Labute approximate surface area is 126 Å². The van der Waals surface area contributed by atoms with Gasteiger partial charge in [-0.1, -0.05) is 24.3 Å². The van der Waals surface area contributed by atoms with E-state index in [2.05, 4.69) is 4.98 Å². The lowest BCUT2D eigenvalue weighted by Gasteiger charge is -2.19. The van der Waals surface area contributed by atoms with Gasteiger partial charge in [-0.15, -0.1) is 0 Å². The number of aromatic nitrogens is 2. The number of hydrogen-bond acceptors (Lipinski definition) is 5. The molecule has 3 rings (SSSR count). The maximum atomic E-state index is 12.3. The minimum Gasteiger partial charge on any atom is -0.455 e. The summed E-state index contributed by atoms with van der Waals surface area (Å²) in [5, 5.41) is 8.08. The fraction of sp³-hybridized carbons (Fsp3) is 0.250. The van der Waals surface area contributed by atoms with Crippen molar-refractivity contribution in [3.63, 3.8) is 0 Å². The van der Waals surface area contributed by atoms with E-state index in [1.54, 1.807) is 45.0 Å². The van der Waals surface area contributed by atoms with Gasteiger partial charge in [-0.05, 0) is 20.8 Å². The molecule has 0 radical (unpaired) electrons. The van der Waals surface area contributed by atoms with Crippen LogP contribution in [0.4, 0.5) is 0 Å². The number of fused-ring (bicyclic) bond motifs is 3. The number of carbonyl (C=O) groups excluding carboxylic acids is 1. The zero-order chi connectivity index (χ0) is 16.1. The summed E-state index contributed by atoms with van der Waals surface area (Å²) < 4.78 is 6.44. The lowest BCUT2D eigenvalue weighted by Crippen LogP contribution is -2.29. The van der Waals surface area contributed by atoms with Crippen LogP contribution >= 0.6 is 0 Å². The van der Waals surface area contributed by atoms with Crippen molar-refractivity contribution in [2.75, 3.05) is 0 Å². The predicted octanol–water partition coefficient (Wildman–Crippen LogP) is 2.05. The minimum absolute atomic E-state index is 0.0457. The first-order chi connectivity index (χ1) is 10.3. The van der Waals surface area contributed by atoms with Gasteiger partial charge >= 0.3 is 5.97 Å². The highest BCUT2D eigenvalue weighted by Gasteiger charge is 2.28. The van der Waals surface area contributed by atoms with E-state index in [4.69, 9.17) is 10.1 Å². The number of carbonyl (C=O) groups is 1. The quantitative estimate of drug-likeness (QED) is 0.697. The molecule has 112 valence electrons. The Balaban J connectivity index is 2.15. The number of nitrogens with zero attached hydrogens (tertiary/aromatic N) is 2. The van der Waals surface area contributed by atoms with Gasteiger partial charge in [0.25, 0.3) is 5.56 Å². The van der Waals surface area contributed by atoms with Crippen molar-refractivity contribution in [3.8, 4) is 11.4 Å². The standard InChI is InChI=1S/C16H15N3O3/c1-16(2,3)22-15(21)11-8-12(20)19-13(17)9-6-4-5-7-10(9)14(19)18-11/h4-8,17H,1-3H3. The monoisotopic (exact) mass is 297 g/mol. The van der Waals surface area contributed by atoms with Crippen molar-refractivity contribution >= 4 is 11.8 Å². The number of esters is 1. The topological polar surface area (TPSA) is 85.0 Å². The molecule has 0 amide bonds. The summed E-state index contributed by atoms with van der Waals surface area (Å²) in [6.07, 6.45) is 0. The van der Waals surface area contributed by atoms with E-state index < -0.39 is 17.1 Å². The van der Waals surface area contributed by atoms with Crippen LogP contribution in [-0.2, 0) is 4.74 Å². The number of rotatable bonds is 1. The molecule has 0 atom stereocenters. The molecule has 0 saturated carbocycles. The van der Waals surface area contributed by atoms with E-state index in [9.17, 15) is 9.59 Å². The van der Waals surface area contributed by atoms with Crippen molar-refractivity contribution in [1.29, 1.82) is 5.41 Å². The summed E-state index contributed by atoms with van der Waals surface area (Å²) in [7, 11) is 0. The maximum Gasteiger partial charge on any atom is 0.357 e. The van der Waals surface area contributed by atoms with E-state index in [1.807, 2.05) is 0 Å². The molecule has 2 heterocycles. The highest BCUT2D eigenvalue weighted by molar-refractivity contribution is 6.09. The van der Waals surface area contributed by atoms with E-state index in [0.29, 0.717) is 17.0 Å². The molecule has 0 spiro atoms. The molecule has 1 N–H and O–H groups in total. The van der Waals surface area contributed by atoms with Gasteiger partial charge < -0.3 is 4.74 Å². The Kier molecular flexibility index (Phi) is 2.98. The molecule has 2 aromatic rings. The molecule has 0 bridgehead atoms. The van der Waals surface area contributed by atoms with Crippen LogP contribution in [0.1, 0.15) is 36.8 Å². The second kappa shape index (κ2) is 4.62. The summed E-state index contributed by atoms with van der Waals surface area (Å²) in [4.78, 5) is 28.6. The van der Waals surface area contributed by atoms with Crippen molar-refractivity contribution in [1.82, 2.24) is 9.55 Å². The Morgan fingerprint density at radius 1 is 1.23 bits per heavy atom. The molecule has 1 aromatic heterocycles. The third-order valence-corrected chi connectivity index (χ3v) is 3.17. The van der Waals surface area contributed by atoms with Crippen LogP contribution in [-0.4, -0.2) is 27.0 Å². The number of benzene rings is 1. The molecule has 22 heavy (non-hydrogen) atoms. The second-order valence-electron chi connectivity index (χ2n) is 6.03. The third kappa shape index (κ3) is 2.22. The summed E-state index contributed by atoms with van der Waals surface area (Å²) in [5.41, 5.74) is 0.102. The molecular weight excluding hydrogens is 282 g/mol. The van der Waals surface area contributed by atoms with Gasteiger partial charge in [-0.25, -0.2) is 14.3 Å². The molecule has 0 aliphatic carbocycles. The number of ether oxygens (including phenoxy) is 1. The Morgan fingerprint density at radius 3 is 2.50 bits per heavy atom. The van der Waals surface area contributed by atoms with Crippen molar-refractivity contribution in [2.45, 2.75) is 26.4 Å². The van der Waals surface area contributed by atoms with Gasteiger partial charge in [0.05, 0.1) is 0 Å². The van der Waals surface area contributed by atoms with E-state index in [0.717, 1.165) is 6.07 Å². The molecular formula is C16H15N3O3. The van der Waals surface area contributed by atoms with Crippen molar-refractivity contribution in [3.05, 3.63) is 51.9 Å². The van der Waals surface area contributed by atoms with Crippen LogP contribution in [0.2, 0.25) is 0 Å². The highest BCUT2D eigenvalue weighted by atomic mass is 16.6. The first-order valence-corrected chi connectivity index (χ1v) is 6.84.